The van der Waals surface area contributed by atoms with Gasteiger partial charge in [-0.05, 0) is 50.3 Å². The van der Waals surface area contributed by atoms with Crippen molar-refractivity contribution in [3.63, 3.8) is 0 Å². The zero-order chi connectivity index (χ0) is 17.6. The number of benzene rings is 1. The van der Waals surface area contributed by atoms with Gasteiger partial charge >= 0.3 is 6.03 Å². The van der Waals surface area contributed by atoms with Crippen LogP contribution in [0.1, 0.15) is 25.7 Å². The van der Waals surface area contributed by atoms with Crippen molar-refractivity contribution in [2.45, 2.75) is 25.7 Å². The van der Waals surface area contributed by atoms with Gasteiger partial charge in [-0.3, -0.25) is 4.79 Å². The third-order valence-corrected chi connectivity index (χ3v) is 5.34. The lowest BCUT2D eigenvalue weighted by molar-refractivity contribution is -0.138. The van der Waals surface area contributed by atoms with Crippen LogP contribution < -0.4 is 11.1 Å². The zero-order valence-electron chi connectivity index (χ0n) is 14.7. The summed E-state index contributed by atoms with van der Waals surface area (Å²) in [6, 6.07) is 9.31. The third kappa shape index (κ3) is 4.51. The van der Waals surface area contributed by atoms with Gasteiger partial charge < -0.3 is 20.9 Å². The molecule has 1 atom stereocenters. The fourth-order valence-electron chi connectivity index (χ4n) is 3.73. The number of carbonyl (C=O) groups is 2. The lowest BCUT2D eigenvalue weighted by Crippen LogP contribution is -2.49. The van der Waals surface area contributed by atoms with E-state index in [9.17, 15) is 9.59 Å². The van der Waals surface area contributed by atoms with Crippen LogP contribution in [0.2, 0.25) is 0 Å². The Kier molecular flexibility index (Phi) is 5.91. The van der Waals surface area contributed by atoms with Gasteiger partial charge in [-0.15, -0.1) is 0 Å². The van der Waals surface area contributed by atoms with Crippen molar-refractivity contribution in [2.24, 2.45) is 17.6 Å². The van der Waals surface area contributed by atoms with Gasteiger partial charge in [0.15, 0.2) is 0 Å². The van der Waals surface area contributed by atoms with E-state index in [4.69, 9.17) is 5.73 Å². The van der Waals surface area contributed by atoms with Crippen LogP contribution in [0.5, 0.6) is 0 Å². The Bertz CT molecular complexity index is 584. The van der Waals surface area contributed by atoms with Crippen LogP contribution in [0.15, 0.2) is 30.3 Å². The van der Waals surface area contributed by atoms with Crippen LogP contribution >= 0.6 is 0 Å². The van der Waals surface area contributed by atoms with Crippen molar-refractivity contribution >= 4 is 17.6 Å². The summed E-state index contributed by atoms with van der Waals surface area (Å²) in [6.45, 7) is 3.52. The number of para-hydroxylation sites is 1. The minimum absolute atomic E-state index is 0.0790. The number of rotatable bonds is 3. The smallest absolute Gasteiger partial charge is 0.321 e. The molecule has 2 fully saturated rings. The number of urea groups is 1. The Morgan fingerprint density at radius 3 is 2.44 bits per heavy atom. The predicted octanol–water partition coefficient (Wildman–Crippen LogP) is 2.13. The summed E-state index contributed by atoms with van der Waals surface area (Å²) in [5.41, 5.74) is 6.51. The molecule has 1 aromatic rings. The molecule has 2 aliphatic rings. The number of nitrogens with zero attached hydrogens (tertiary/aromatic N) is 2. The van der Waals surface area contributed by atoms with Gasteiger partial charge in [0.25, 0.3) is 0 Å². The topological polar surface area (TPSA) is 78.7 Å². The molecule has 2 heterocycles. The molecule has 1 aromatic carbocycles. The number of hydrogen-bond donors (Lipinski definition) is 2. The number of likely N-dealkylation sites (tertiary alicyclic amines) is 2. The first-order chi connectivity index (χ1) is 12.2. The van der Waals surface area contributed by atoms with Gasteiger partial charge in [0.2, 0.25) is 5.91 Å². The zero-order valence-corrected chi connectivity index (χ0v) is 14.7. The van der Waals surface area contributed by atoms with Gasteiger partial charge in [-0.25, -0.2) is 4.79 Å². The summed E-state index contributed by atoms with van der Waals surface area (Å²) in [5.74, 6) is 0.668. The minimum Gasteiger partial charge on any atom is -0.342 e. The van der Waals surface area contributed by atoms with E-state index in [1.807, 2.05) is 35.2 Å². The molecular formula is C19H28N4O2. The minimum atomic E-state index is -0.120. The predicted molar refractivity (Wildman–Crippen MR) is 98.1 cm³/mol. The maximum atomic E-state index is 12.8. The van der Waals surface area contributed by atoms with Crippen molar-refractivity contribution in [2.75, 3.05) is 38.0 Å². The van der Waals surface area contributed by atoms with E-state index in [-0.39, 0.29) is 17.9 Å². The molecule has 0 spiro atoms. The SMILES string of the molecule is NCC1CCN(C(=O)C2CCCN(C(=O)Nc3ccccc3)C2)CC1. The van der Waals surface area contributed by atoms with Crippen molar-refractivity contribution in [3.8, 4) is 0 Å². The van der Waals surface area contributed by atoms with Crippen molar-refractivity contribution < 1.29 is 9.59 Å². The van der Waals surface area contributed by atoms with Crippen LogP contribution in [0, 0.1) is 11.8 Å². The fraction of sp³-hybridized carbons (Fsp3) is 0.579. The van der Waals surface area contributed by atoms with Crippen LogP contribution in [-0.4, -0.2) is 54.5 Å². The summed E-state index contributed by atoms with van der Waals surface area (Å²) in [5, 5.41) is 2.91. The molecule has 0 aromatic heterocycles. The molecule has 0 saturated carbocycles. The average molecular weight is 344 g/mol. The second kappa shape index (κ2) is 8.34. The monoisotopic (exact) mass is 344 g/mol. The quantitative estimate of drug-likeness (QED) is 0.882. The molecule has 2 aliphatic heterocycles. The lowest BCUT2D eigenvalue weighted by atomic mass is 9.93. The number of nitrogens with two attached hydrogens (primary N) is 1. The molecule has 136 valence electrons. The summed E-state index contributed by atoms with van der Waals surface area (Å²) in [7, 11) is 0. The molecule has 0 aliphatic carbocycles. The lowest BCUT2D eigenvalue weighted by Gasteiger charge is -2.37. The normalized spacial score (nSPS) is 21.9. The Morgan fingerprint density at radius 2 is 1.76 bits per heavy atom. The molecule has 2 saturated heterocycles. The van der Waals surface area contributed by atoms with Crippen molar-refractivity contribution in [1.29, 1.82) is 0 Å². The molecule has 6 nitrogen and oxygen atoms in total. The van der Waals surface area contributed by atoms with Gasteiger partial charge in [0.05, 0.1) is 5.92 Å². The maximum absolute atomic E-state index is 12.8. The number of anilines is 1. The molecule has 3 N–H and O–H groups in total. The first-order valence-electron chi connectivity index (χ1n) is 9.27. The van der Waals surface area contributed by atoms with Crippen LogP contribution in [0.3, 0.4) is 0 Å². The van der Waals surface area contributed by atoms with E-state index in [1.54, 1.807) is 4.90 Å². The van der Waals surface area contributed by atoms with Crippen molar-refractivity contribution in [3.05, 3.63) is 30.3 Å². The van der Waals surface area contributed by atoms with Crippen LogP contribution in [0.25, 0.3) is 0 Å². The second-order valence-corrected chi connectivity index (χ2v) is 7.09. The number of piperidine rings is 2. The summed E-state index contributed by atoms with van der Waals surface area (Å²) < 4.78 is 0. The van der Waals surface area contributed by atoms with E-state index >= 15 is 0 Å². The number of amides is 3. The Morgan fingerprint density at radius 1 is 1.04 bits per heavy atom. The second-order valence-electron chi connectivity index (χ2n) is 7.09. The Hall–Kier alpha value is -2.08. The summed E-state index contributed by atoms with van der Waals surface area (Å²) >= 11 is 0. The molecule has 3 rings (SSSR count). The molecule has 0 bridgehead atoms. The Labute approximate surface area is 149 Å². The number of carbonyl (C=O) groups excluding carboxylic acids is 2. The highest BCUT2D eigenvalue weighted by molar-refractivity contribution is 5.90. The van der Waals surface area contributed by atoms with Crippen LogP contribution in [0.4, 0.5) is 10.5 Å². The number of nitrogens with one attached hydrogen (secondary N) is 1. The van der Waals surface area contributed by atoms with Gasteiger partial charge in [0.1, 0.15) is 0 Å². The summed E-state index contributed by atoms with van der Waals surface area (Å²) in [4.78, 5) is 29.0. The molecule has 25 heavy (non-hydrogen) atoms. The van der Waals surface area contributed by atoms with Gasteiger partial charge in [0, 0.05) is 31.9 Å². The van der Waals surface area contributed by atoms with Gasteiger partial charge in [-0.1, -0.05) is 18.2 Å². The third-order valence-electron chi connectivity index (χ3n) is 5.34. The fourth-order valence-corrected chi connectivity index (χ4v) is 3.73. The first kappa shape index (κ1) is 17.7. The van der Waals surface area contributed by atoms with E-state index in [0.717, 1.165) is 44.5 Å². The first-order valence-corrected chi connectivity index (χ1v) is 9.27. The molecule has 1 unspecified atom stereocenters. The van der Waals surface area contributed by atoms with E-state index in [0.29, 0.717) is 25.6 Å². The summed E-state index contributed by atoms with van der Waals surface area (Å²) in [6.07, 6.45) is 3.73. The maximum Gasteiger partial charge on any atom is 0.321 e. The highest BCUT2D eigenvalue weighted by Gasteiger charge is 2.32. The molecular weight excluding hydrogens is 316 g/mol. The Balaban J connectivity index is 1.54. The largest absolute Gasteiger partial charge is 0.342 e. The highest BCUT2D eigenvalue weighted by atomic mass is 16.2. The van der Waals surface area contributed by atoms with Crippen molar-refractivity contribution in [1.82, 2.24) is 9.80 Å². The van der Waals surface area contributed by atoms with E-state index in [1.165, 1.54) is 0 Å². The number of hydrogen-bond acceptors (Lipinski definition) is 3. The molecule has 0 radical (unpaired) electrons. The van der Waals surface area contributed by atoms with Crippen LogP contribution in [-0.2, 0) is 4.79 Å². The van der Waals surface area contributed by atoms with Gasteiger partial charge in [-0.2, -0.15) is 0 Å². The molecule has 3 amide bonds. The van der Waals surface area contributed by atoms with E-state index < -0.39 is 0 Å². The highest BCUT2D eigenvalue weighted by Crippen LogP contribution is 2.23. The standard InChI is InChI=1S/C19H28N4O2/c20-13-15-8-11-22(12-9-15)18(24)16-5-4-10-23(14-16)19(25)21-17-6-2-1-3-7-17/h1-3,6-7,15-16H,4-5,8-14,20H2,(H,21,25). The average Bonchev–Trinajstić information content (AvgIpc) is 2.68. The van der Waals surface area contributed by atoms with E-state index in [2.05, 4.69) is 5.32 Å². The molecule has 6 heteroatoms.